The highest BCUT2D eigenvalue weighted by Crippen LogP contribution is 2.40. The van der Waals surface area contributed by atoms with Crippen molar-refractivity contribution in [2.75, 3.05) is 19.6 Å². The summed E-state index contributed by atoms with van der Waals surface area (Å²) in [5.74, 6) is -0.683. The zero-order chi connectivity index (χ0) is 30.2. The van der Waals surface area contributed by atoms with Crippen LogP contribution in [0.5, 0.6) is 0 Å². The van der Waals surface area contributed by atoms with Gasteiger partial charge in [0.05, 0.1) is 24.1 Å². The first-order valence-corrected chi connectivity index (χ1v) is 14.8. The van der Waals surface area contributed by atoms with Crippen molar-refractivity contribution >= 4 is 29.7 Å². The number of thioether (sulfide) groups is 1. The Morgan fingerprint density at radius 1 is 1.12 bits per heavy atom. The van der Waals surface area contributed by atoms with Gasteiger partial charge in [-0.2, -0.15) is 0 Å². The lowest BCUT2D eigenvalue weighted by molar-refractivity contribution is -0.147. The molecule has 3 rings (SSSR count). The highest BCUT2D eigenvalue weighted by Gasteiger charge is 2.49. The molecule has 0 saturated carbocycles. The third kappa shape index (κ3) is 8.95. The van der Waals surface area contributed by atoms with Gasteiger partial charge in [0.25, 0.3) is 5.91 Å². The number of carbonyl (C=O) groups is 3. The molecule has 3 atom stereocenters. The van der Waals surface area contributed by atoms with Gasteiger partial charge in [-0.25, -0.2) is 4.79 Å². The smallest absolute Gasteiger partial charge is 0.407 e. The van der Waals surface area contributed by atoms with E-state index >= 15 is 0 Å². The van der Waals surface area contributed by atoms with Gasteiger partial charge in [0.15, 0.2) is 6.10 Å². The van der Waals surface area contributed by atoms with Crippen LogP contribution in [0.3, 0.4) is 0 Å². The summed E-state index contributed by atoms with van der Waals surface area (Å²) in [6.45, 7) is 10.0. The average Bonchev–Trinajstić information content (AvgIpc) is 3.26. The minimum absolute atomic E-state index is 0.106. The van der Waals surface area contributed by atoms with Crippen molar-refractivity contribution in [1.82, 2.24) is 15.5 Å². The average molecular weight is 586 g/mol. The molecule has 3 N–H and O–H groups in total. The molecule has 1 saturated heterocycles. The number of aryl methyl sites for hydroxylation is 1. The van der Waals surface area contributed by atoms with E-state index in [4.69, 9.17) is 9.47 Å². The molecule has 10 heteroatoms. The van der Waals surface area contributed by atoms with Crippen molar-refractivity contribution in [3.63, 3.8) is 0 Å². The molecule has 0 bridgehead atoms. The number of aliphatic hydroxyl groups is 1. The number of rotatable bonds is 12. The summed E-state index contributed by atoms with van der Waals surface area (Å²) in [6.07, 6.45) is -1.67. The fourth-order valence-electron chi connectivity index (χ4n) is 4.64. The highest BCUT2D eigenvalue weighted by atomic mass is 32.2. The second-order valence-corrected chi connectivity index (χ2v) is 13.1. The maximum Gasteiger partial charge on any atom is 0.407 e. The van der Waals surface area contributed by atoms with E-state index in [1.807, 2.05) is 89.2 Å². The number of nitrogens with zero attached hydrogens (tertiary/aromatic N) is 1. The third-order valence-electron chi connectivity index (χ3n) is 7.52. The lowest BCUT2D eigenvalue weighted by Gasteiger charge is -2.33. The summed E-state index contributed by atoms with van der Waals surface area (Å²) in [6, 6.07) is 15.3. The zero-order valence-corrected chi connectivity index (χ0v) is 25.6. The molecular weight excluding hydrogens is 542 g/mol. The van der Waals surface area contributed by atoms with E-state index in [0.29, 0.717) is 13.0 Å². The first-order valence-electron chi connectivity index (χ1n) is 13.8. The van der Waals surface area contributed by atoms with Gasteiger partial charge >= 0.3 is 6.09 Å². The molecule has 9 nitrogen and oxygen atoms in total. The Balaban J connectivity index is 1.74. The number of hydrogen-bond donors (Lipinski definition) is 3. The van der Waals surface area contributed by atoms with Crippen molar-refractivity contribution in [3.05, 3.63) is 71.3 Å². The van der Waals surface area contributed by atoms with Crippen LogP contribution in [0.1, 0.15) is 50.8 Å². The summed E-state index contributed by atoms with van der Waals surface area (Å²) in [7, 11) is 1.59. The number of nitrogens with one attached hydrogen (secondary N) is 2. The van der Waals surface area contributed by atoms with Gasteiger partial charge in [0.2, 0.25) is 5.91 Å². The summed E-state index contributed by atoms with van der Waals surface area (Å²) in [5.41, 5.74) is 2.41. The molecule has 0 radical (unpaired) electrons. The van der Waals surface area contributed by atoms with E-state index in [2.05, 4.69) is 10.6 Å². The van der Waals surface area contributed by atoms with Crippen LogP contribution in [0.4, 0.5) is 4.79 Å². The molecule has 1 heterocycles. The van der Waals surface area contributed by atoms with Crippen molar-refractivity contribution in [3.8, 4) is 0 Å². The topological polar surface area (TPSA) is 117 Å². The van der Waals surface area contributed by atoms with E-state index in [-0.39, 0.29) is 24.8 Å². The van der Waals surface area contributed by atoms with Crippen LogP contribution >= 0.6 is 11.8 Å². The van der Waals surface area contributed by atoms with Gasteiger partial charge in [-0.05, 0) is 57.7 Å². The molecule has 0 spiro atoms. The Morgan fingerprint density at radius 3 is 2.44 bits per heavy atom. The lowest BCUT2D eigenvalue weighted by Crippen LogP contribution is -2.58. The van der Waals surface area contributed by atoms with Crippen LogP contribution in [0.25, 0.3) is 0 Å². The number of alkyl carbamates (subject to hydrolysis) is 1. The molecule has 224 valence electrons. The van der Waals surface area contributed by atoms with E-state index in [1.54, 1.807) is 7.11 Å². The Labute approximate surface area is 247 Å². The van der Waals surface area contributed by atoms with E-state index in [1.165, 1.54) is 16.7 Å². The standard InChI is InChI=1S/C31H43N3O6S/c1-21-12-10-11-15-23(21)19-32-27(36)26-31(4,5)41-20-34(26)28(37)25(35)24(18-22-13-8-7-9-14-22)33-29(38)40-17-16-30(2,3)39-6/h7-15,24-26,35H,16-20H2,1-6H3,(H,32,36)(H,33,38)/t24-,25-,26+/m0/s1. The molecule has 3 amide bonds. The number of methoxy groups -OCH3 is 1. The normalized spacial score (nSPS) is 17.9. The SMILES string of the molecule is COC(C)(C)CCOC(=O)N[C@@H](Cc1ccccc1)[C@H](O)C(=O)N1CSC(C)(C)[C@H]1C(=O)NCc1ccccc1C. The molecule has 1 fully saturated rings. The van der Waals surface area contributed by atoms with Crippen LogP contribution < -0.4 is 10.6 Å². The van der Waals surface area contributed by atoms with E-state index in [9.17, 15) is 19.5 Å². The summed E-state index contributed by atoms with van der Waals surface area (Å²) in [4.78, 5) is 41.3. The predicted molar refractivity (Wildman–Crippen MR) is 160 cm³/mol. The van der Waals surface area contributed by atoms with Crippen molar-refractivity contribution in [1.29, 1.82) is 0 Å². The van der Waals surface area contributed by atoms with Crippen LogP contribution in [-0.4, -0.2) is 76.0 Å². The largest absolute Gasteiger partial charge is 0.449 e. The fraction of sp³-hybridized carbons (Fsp3) is 0.516. The van der Waals surface area contributed by atoms with Crippen LogP contribution in [-0.2, 0) is 32.0 Å². The molecule has 1 aliphatic heterocycles. The van der Waals surface area contributed by atoms with Gasteiger partial charge in [-0.1, -0.05) is 54.6 Å². The first-order chi connectivity index (χ1) is 19.3. The minimum atomic E-state index is -1.60. The Kier molecular flexibility index (Phi) is 11.2. The third-order valence-corrected chi connectivity index (χ3v) is 8.89. The Bertz CT molecular complexity index is 1190. The Hall–Kier alpha value is -3.08. The number of aliphatic hydroxyl groups excluding tert-OH is 1. The molecule has 2 aromatic rings. The van der Waals surface area contributed by atoms with Gasteiger partial charge in [-0.3, -0.25) is 9.59 Å². The van der Waals surface area contributed by atoms with Crippen LogP contribution in [0.15, 0.2) is 54.6 Å². The van der Waals surface area contributed by atoms with Crippen LogP contribution in [0.2, 0.25) is 0 Å². The van der Waals surface area contributed by atoms with E-state index < -0.39 is 40.5 Å². The van der Waals surface area contributed by atoms with Crippen molar-refractivity contribution in [2.24, 2.45) is 0 Å². The molecule has 41 heavy (non-hydrogen) atoms. The maximum absolute atomic E-state index is 13.7. The number of hydrogen-bond acceptors (Lipinski definition) is 7. The van der Waals surface area contributed by atoms with Crippen molar-refractivity contribution < 1.29 is 29.0 Å². The van der Waals surface area contributed by atoms with Crippen LogP contribution in [0, 0.1) is 6.92 Å². The predicted octanol–water partition coefficient (Wildman–Crippen LogP) is 3.80. The minimum Gasteiger partial charge on any atom is -0.449 e. The molecular formula is C31H43N3O6S. The number of amides is 3. The molecule has 0 unspecified atom stereocenters. The summed E-state index contributed by atoms with van der Waals surface area (Å²) < 4.78 is 10.1. The van der Waals surface area contributed by atoms with Gasteiger partial charge in [0.1, 0.15) is 6.04 Å². The summed E-state index contributed by atoms with van der Waals surface area (Å²) >= 11 is 1.47. The first kappa shape index (κ1) is 32.4. The fourth-order valence-corrected chi connectivity index (χ4v) is 5.78. The molecule has 0 aliphatic carbocycles. The van der Waals surface area contributed by atoms with Gasteiger partial charge in [0, 0.05) is 24.8 Å². The molecule has 1 aliphatic rings. The quantitative estimate of drug-likeness (QED) is 0.347. The molecule has 0 aromatic heterocycles. The number of carbonyl (C=O) groups excluding carboxylic acids is 3. The lowest BCUT2D eigenvalue weighted by atomic mass is 9.97. The van der Waals surface area contributed by atoms with Crippen molar-refractivity contribution in [2.45, 2.75) is 82.5 Å². The molecule has 2 aromatic carbocycles. The number of benzene rings is 2. The van der Waals surface area contributed by atoms with E-state index in [0.717, 1.165) is 16.7 Å². The second kappa shape index (κ2) is 14.2. The second-order valence-electron chi connectivity index (χ2n) is 11.5. The Morgan fingerprint density at radius 2 is 1.78 bits per heavy atom. The number of ether oxygens (including phenoxy) is 2. The zero-order valence-electron chi connectivity index (χ0n) is 24.8. The maximum atomic E-state index is 13.7. The monoisotopic (exact) mass is 585 g/mol. The van der Waals surface area contributed by atoms with Gasteiger partial charge in [-0.15, -0.1) is 11.8 Å². The summed E-state index contributed by atoms with van der Waals surface area (Å²) in [5, 5.41) is 17.0. The van der Waals surface area contributed by atoms with Gasteiger partial charge < -0.3 is 30.1 Å². The highest BCUT2D eigenvalue weighted by molar-refractivity contribution is 8.00.